The highest BCUT2D eigenvalue weighted by Crippen LogP contribution is 2.38. The van der Waals surface area contributed by atoms with Crippen molar-refractivity contribution in [3.05, 3.63) is 63.3 Å². The van der Waals surface area contributed by atoms with Crippen LogP contribution in [0, 0.1) is 12.1 Å². The number of benzene rings is 2. The highest BCUT2D eigenvalue weighted by molar-refractivity contribution is 14.1. The summed E-state index contributed by atoms with van der Waals surface area (Å²) in [6.45, 7) is 2.53. The molecule has 2 aromatic carbocycles. The first kappa shape index (κ1) is 16.4. The van der Waals surface area contributed by atoms with Crippen LogP contribution in [0.5, 0.6) is 0 Å². The summed E-state index contributed by atoms with van der Waals surface area (Å²) in [7, 11) is 1.93. The molecule has 0 bridgehead atoms. The minimum absolute atomic E-state index is 0.486. The van der Waals surface area contributed by atoms with Crippen LogP contribution >= 0.6 is 37.4 Å². The third kappa shape index (κ3) is 4.02. The average Bonchev–Trinajstić information content (AvgIpc) is 2.46. The maximum Gasteiger partial charge on any atom is 0.262 e. The van der Waals surface area contributed by atoms with E-state index >= 15 is 0 Å². The largest absolute Gasteiger partial charge is 0.747 e. The fourth-order valence-electron chi connectivity index (χ4n) is 2.21. The Kier molecular flexibility index (Phi) is 5.72. The molecule has 0 unspecified atom stereocenters. The van der Waals surface area contributed by atoms with Gasteiger partial charge >= 0.3 is 0 Å². The van der Waals surface area contributed by atoms with E-state index in [2.05, 4.69) is 15.9 Å². The van der Waals surface area contributed by atoms with Gasteiger partial charge in [-0.15, -0.1) is 0 Å². The second-order valence-electron chi connectivity index (χ2n) is 4.75. The van der Waals surface area contributed by atoms with Gasteiger partial charge in [0.25, 0.3) is 21.5 Å². The van der Waals surface area contributed by atoms with Crippen molar-refractivity contribution in [1.29, 1.82) is 0 Å². The summed E-state index contributed by atoms with van der Waals surface area (Å²) in [6, 6.07) is 13.8. The van der Waals surface area contributed by atoms with Crippen LogP contribution in [-0.4, -0.2) is 7.05 Å². The number of rotatable bonds is 5. The van der Waals surface area contributed by atoms with Gasteiger partial charge in [0.05, 0.1) is 11.4 Å². The van der Waals surface area contributed by atoms with E-state index in [1.807, 2.05) is 61.3 Å². The van der Waals surface area contributed by atoms with E-state index in [0.29, 0.717) is 15.5 Å². The molecule has 0 aromatic heterocycles. The first-order valence-corrected chi connectivity index (χ1v) is 8.96. The van der Waals surface area contributed by atoms with Crippen molar-refractivity contribution in [3.63, 3.8) is 0 Å². The number of anilines is 2. The lowest BCUT2D eigenvalue weighted by Gasteiger charge is -2.31. The molecule has 0 saturated heterocycles. The molecule has 0 saturated carbocycles. The quantitative estimate of drug-likeness (QED) is 0.360. The minimum atomic E-state index is -1.78. The van der Waals surface area contributed by atoms with E-state index in [0.717, 1.165) is 21.3 Å². The number of nitrogens with zero attached hydrogens (tertiary/aromatic N) is 2. The molecule has 21 heavy (non-hydrogen) atoms. The van der Waals surface area contributed by atoms with Gasteiger partial charge in [-0.2, -0.15) is 0 Å². The predicted molar refractivity (Wildman–Crippen MR) is 98.0 cm³/mol. The average molecular weight is 462 g/mol. The Morgan fingerprint density at radius 2 is 1.90 bits per heavy atom. The van der Waals surface area contributed by atoms with Crippen LogP contribution in [-0.2, 0) is 9.61 Å². The molecule has 2 aromatic rings. The first-order valence-electron chi connectivity index (χ1n) is 6.32. The van der Waals surface area contributed by atoms with E-state index in [1.54, 1.807) is 0 Å². The summed E-state index contributed by atoms with van der Waals surface area (Å²) >= 11 is 1.68. The zero-order valence-corrected chi connectivity index (χ0v) is 15.5. The molecule has 2 rings (SSSR count). The Morgan fingerprint density at radius 1 is 1.24 bits per heavy atom. The summed E-state index contributed by atoms with van der Waals surface area (Å²) < 4.78 is 12.6. The van der Waals surface area contributed by atoms with E-state index < -0.39 is 21.5 Å². The Bertz CT molecular complexity index is 637. The van der Waals surface area contributed by atoms with Crippen molar-refractivity contribution in [2.24, 2.45) is 0 Å². The zero-order valence-electron chi connectivity index (χ0n) is 11.7. The molecular formula is C15H15BrIN2O2-. The first-order chi connectivity index (χ1) is 10.0. The van der Waals surface area contributed by atoms with Gasteiger partial charge in [0.1, 0.15) is 0 Å². The van der Waals surface area contributed by atoms with E-state index in [9.17, 15) is 8.28 Å². The van der Waals surface area contributed by atoms with E-state index in [-0.39, 0.29) is 0 Å². The van der Waals surface area contributed by atoms with Crippen molar-refractivity contribution >= 4 is 48.8 Å². The normalized spacial score (nSPS) is 10.5. The fourth-order valence-corrected chi connectivity index (χ4v) is 3.60. The maximum atomic E-state index is 11.9. The topological polar surface area (TPSA) is 46.6 Å². The number of hydrogen-bond acceptors (Lipinski definition) is 3. The van der Waals surface area contributed by atoms with Crippen molar-refractivity contribution in [2.45, 2.75) is 13.5 Å². The number of aryl methyl sites for hydroxylation is 1. The highest BCUT2D eigenvalue weighted by atomic mass is 127. The Balaban J connectivity index is 2.39. The maximum absolute atomic E-state index is 11.9. The van der Waals surface area contributed by atoms with Crippen LogP contribution in [0.4, 0.5) is 11.4 Å². The Hall–Kier alpha value is -0.990. The summed E-state index contributed by atoms with van der Waals surface area (Å²) in [6.07, 6.45) is 0. The minimum Gasteiger partial charge on any atom is -0.747 e. The van der Waals surface area contributed by atoms with Gasteiger partial charge in [-0.25, -0.2) is 3.07 Å². The van der Waals surface area contributed by atoms with Crippen LogP contribution < -0.4 is 8.18 Å². The third-order valence-corrected chi connectivity index (χ3v) is 4.46. The van der Waals surface area contributed by atoms with E-state index in [1.165, 1.54) is 0 Å². The van der Waals surface area contributed by atoms with Crippen molar-refractivity contribution in [3.8, 4) is 0 Å². The monoisotopic (exact) mass is 461 g/mol. The molecule has 0 amide bonds. The smallest absolute Gasteiger partial charge is 0.262 e. The molecule has 0 aliphatic heterocycles. The second kappa shape index (κ2) is 7.33. The molecule has 0 aliphatic rings. The summed E-state index contributed by atoms with van der Waals surface area (Å²) in [5.41, 5.74) is 3.22. The lowest BCUT2D eigenvalue weighted by Crippen LogP contribution is -2.19. The van der Waals surface area contributed by atoms with Crippen molar-refractivity contribution < 1.29 is 3.07 Å². The Morgan fingerprint density at radius 3 is 2.52 bits per heavy atom. The van der Waals surface area contributed by atoms with Crippen molar-refractivity contribution in [2.75, 3.05) is 15.2 Å². The molecule has 4 nitrogen and oxygen atoms in total. The number of halogens is 2. The van der Waals surface area contributed by atoms with Crippen LogP contribution in [0.15, 0.2) is 46.9 Å². The molecule has 0 aliphatic carbocycles. The summed E-state index contributed by atoms with van der Waals surface area (Å²) in [4.78, 5) is 1.99. The van der Waals surface area contributed by atoms with Gasteiger partial charge in [-0.1, -0.05) is 46.3 Å². The molecule has 0 radical (unpaired) electrons. The lowest BCUT2D eigenvalue weighted by molar-refractivity contribution is 0.647. The molecule has 0 fully saturated rings. The van der Waals surface area contributed by atoms with E-state index in [4.69, 9.17) is 0 Å². The molecular weight excluding hydrogens is 447 g/mol. The summed E-state index contributed by atoms with van der Waals surface area (Å²) in [5, 5.41) is 11.9. The van der Waals surface area contributed by atoms with Crippen molar-refractivity contribution in [1.82, 2.24) is 0 Å². The van der Waals surface area contributed by atoms with Gasteiger partial charge in [0, 0.05) is 18.1 Å². The van der Waals surface area contributed by atoms with Crippen LogP contribution in [0.1, 0.15) is 11.1 Å². The lowest BCUT2D eigenvalue weighted by atomic mass is 10.1. The van der Waals surface area contributed by atoms with Gasteiger partial charge in [-0.05, 0) is 30.2 Å². The zero-order chi connectivity index (χ0) is 15.4. The molecule has 112 valence electrons. The second-order valence-corrected chi connectivity index (χ2v) is 6.93. The molecule has 0 spiro atoms. The van der Waals surface area contributed by atoms with Crippen LogP contribution in [0.25, 0.3) is 0 Å². The van der Waals surface area contributed by atoms with Gasteiger partial charge < -0.3 is 13.4 Å². The molecule has 0 atom stereocenters. The number of hydrogen-bond donors (Lipinski definition) is 0. The van der Waals surface area contributed by atoms with Crippen LogP contribution in [0.2, 0.25) is 0 Å². The summed E-state index contributed by atoms with van der Waals surface area (Å²) in [5.74, 6) is 0. The standard InChI is InChI=1S/C15H15BrIN2O2/c1-11-8-13(16)9-14(15(11)19(21)17-20)18(2)10-12-6-4-3-5-7-12/h3-9H,10H2,1-2H3/q-1. The molecule has 0 heterocycles. The SMILES string of the molecule is Cc1cc(Br)cc(N(C)Cc2ccccc2)c1N([O-])I=O. The third-order valence-electron chi connectivity index (χ3n) is 3.16. The fraction of sp³-hybridized carbons (Fsp3) is 0.200. The van der Waals surface area contributed by atoms with Gasteiger partial charge in [0.15, 0.2) is 0 Å². The van der Waals surface area contributed by atoms with Crippen LogP contribution in [0.3, 0.4) is 0 Å². The molecule has 6 heteroatoms. The van der Waals surface area contributed by atoms with Gasteiger partial charge in [-0.3, -0.25) is 0 Å². The van der Waals surface area contributed by atoms with Gasteiger partial charge in [0.2, 0.25) is 0 Å². The molecule has 0 N–H and O–H groups in total. The Labute approximate surface area is 143 Å². The predicted octanol–water partition coefficient (Wildman–Crippen LogP) is 4.93. The highest BCUT2D eigenvalue weighted by Gasteiger charge is 2.13.